The first kappa shape index (κ1) is 18.7. The Morgan fingerprint density at radius 2 is 1.85 bits per heavy atom. The first-order valence-corrected chi connectivity index (χ1v) is 9.64. The second-order valence-corrected chi connectivity index (χ2v) is 7.89. The van der Waals surface area contributed by atoms with Crippen molar-refractivity contribution in [1.82, 2.24) is 15.3 Å². The summed E-state index contributed by atoms with van der Waals surface area (Å²) < 4.78 is 30.4. The minimum absolute atomic E-state index is 0.0456. The summed E-state index contributed by atoms with van der Waals surface area (Å²) in [7, 11) is -2.24. The van der Waals surface area contributed by atoms with E-state index in [2.05, 4.69) is 20.3 Å². The van der Waals surface area contributed by atoms with E-state index < -0.39 is 21.1 Å². The normalized spacial score (nSPS) is 16.1. The summed E-state index contributed by atoms with van der Waals surface area (Å²) in [5.41, 5.74) is 0.962. The van der Waals surface area contributed by atoms with Crippen LogP contribution in [0.1, 0.15) is 11.4 Å². The van der Waals surface area contributed by atoms with Gasteiger partial charge in [-0.3, -0.25) is 9.79 Å². The first-order valence-electron chi connectivity index (χ1n) is 8.10. The molecule has 1 unspecified atom stereocenters. The fourth-order valence-corrected chi connectivity index (χ4v) is 3.70. The summed E-state index contributed by atoms with van der Waals surface area (Å²) in [6.07, 6.45) is 6.09. The van der Waals surface area contributed by atoms with Gasteiger partial charge < -0.3 is 10.1 Å². The third-order valence-corrected chi connectivity index (χ3v) is 5.69. The zero-order valence-corrected chi connectivity index (χ0v) is 15.6. The number of rotatable bonds is 6. The number of aliphatic imine (C=N–C) groups is 1. The molecule has 0 bridgehead atoms. The van der Waals surface area contributed by atoms with Gasteiger partial charge in [0.25, 0.3) is 5.91 Å². The highest BCUT2D eigenvalue weighted by Crippen LogP contribution is 2.23. The number of nitrogens with zero attached hydrogens (tertiary/aromatic N) is 3. The van der Waals surface area contributed by atoms with E-state index in [1.165, 1.54) is 31.4 Å². The summed E-state index contributed by atoms with van der Waals surface area (Å²) >= 11 is 0. The predicted octanol–water partition coefficient (Wildman–Crippen LogP) is 1.22. The van der Waals surface area contributed by atoms with Crippen LogP contribution in [0.3, 0.4) is 0 Å². The van der Waals surface area contributed by atoms with E-state index in [1.54, 1.807) is 24.5 Å². The lowest BCUT2D eigenvalue weighted by Gasteiger charge is -2.08. The van der Waals surface area contributed by atoms with Crippen molar-refractivity contribution in [1.29, 1.82) is 0 Å². The Morgan fingerprint density at radius 1 is 1.19 bits per heavy atom. The summed E-state index contributed by atoms with van der Waals surface area (Å²) in [5.74, 6) is 0.527. The molecule has 1 atom stereocenters. The highest BCUT2D eigenvalue weighted by atomic mass is 32.2. The maximum atomic E-state index is 12.7. The SMILES string of the molecule is COc1ccc(S(=O)(=O)C2C=CC(C(=O)NCc3ncc(C)cn3)=N2)cc1. The van der Waals surface area contributed by atoms with Gasteiger partial charge in [-0.2, -0.15) is 0 Å². The molecular weight excluding hydrogens is 368 g/mol. The molecule has 8 nitrogen and oxygen atoms in total. The molecule has 0 aliphatic carbocycles. The molecule has 2 heterocycles. The zero-order valence-electron chi connectivity index (χ0n) is 14.8. The molecule has 1 aromatic heterocycles. The average Bonchev–Trinajstić information content (AvgIpc) is 3.18. The minimum atomic E-state index is -3.74. The van der Waals surface area contributed by atoms with Gasteiger partial charge in [0.2, 0.25) is 9.84 Å². The van der Waals surface area contributed by atoms with Crippen LogP contribution in [0.2, 0.25) is 0 Å². The van der Waals surface area contributed by atoms with Crippen LogP contribution in [-0.2, 0) is 21.2 Å². The Kier molecular flexibility index (Phi) is 5.31. The number of carbonyl (C=O) groups excluding carboxylic acids is 1. The number of sulfone groups is 1. The van der Waals surface area contributed by atoms with E-state index in [-0.39, 0.29) is 17.2 Å². The smallest absolute Gasteiger partial charge is 0.269 e. The molecule has 0 radical (unpaired) electrons. The van der Waals surface area contributed by atoms with Crippen LogP contribution < -0.4 is 10.1 Å². The van der Waals surface area contributed by atoms with Crippen LogP contribution in [0.25, 0.3) is 0 Å². The predicted molar refractivity (Wildman–Crippen MR) is 99.2 cm³/mol. The van der Waals surface area contributed by atoms with Crippen LogP contribution >= 0.6 is 0 Å². The number of nitrogens with one attached hydrogen (secondary N) is 1. The topological polar surface area (TPSA) is 111 Å². The van der Waals surface area contributed by atoms with E-state index in [1.807, 2.05) is 6.92 Å². The molecule has 1 aliphatic rings. The first-order chi connectivity index (χ1) is 12.9. The number of amides is 1. The van der Waals surface area contributed by atoms with Crippen LogP contribution in [0.15, 0.2) is 58.7 Å². The van der Waals surface area contributed by atoms with Crippen molar-refractivity contribution in [2.75, 3.05) is 7.11 Å². The molecule has 27 heavy (non-hydrogen) atoms. The van der Waals surface area contributed by atoms with Crippen molar-refractivity contribution in [2.24, 2.45) is 4.99 Å². The van der Waals surface area contributed by atoms with Gasteiger partial charge in [0.15, 0.2) is 5.37 Å². The molecule has 140 valence electrons. The molecule has 0 spiro atoms. The van der Waals surface area contributed by atoms with Crippen LogP contribution in [0.5, 0.6) is 5.75 Å². The van der Waals surface area contributed by atoms with Crippen molar-refractivity contribution in [3.63, 3.8) is 0 Å². The van der Waals surface area contributed by atoms with Crippen LogP contribution in [0.4, 0.5) is 0 Å². The number of methoxy groups -OCH3 is 1. The van der Waals surface area contributed by atoms with Gasteiger partial charge >= 0.3 is 0 Å². The number of carbonyl (C=O) groups is 1. The van der Waals surface area contributed by atoms with Crippen molar-refractivity contribution < 1.29 is 17.9 Å². The Morgan fingerprint density at radius 3 is 2.48 bits per heavy atom. The maximum absolute atomic E-state index is 12.7. The Hall–Kier alpha value is -3.07. The lowest BCUT2D eigenvalue weighted by atomic mass is 10.3. The zero-order chi connectivity index (χ0) is 19.4. The van der Waals surface area contributed by atoms with Gasteiger partial charge in [-0.15, -0.1) is 0 Å². The fraction of sp³-hybridized carbons (Fsp3) is 0.222. The quantitative estimate of drug-likeness (QED) is 0.799. The summed E-state index contributed by atoms with van der Waals surface area (Å²) in [5, 5.41) is 1.49. The van der Waals surface area contributed by atoms with Gasteiger partial charge in [-0.25, -0.2) is 18.4 Å². The number of aromatic nitrogens is 2. The van der Waals surface area contributed by atoms with Crippen molar-refractivity contribution in [2.45, 2.75) is 23.7 Å². The third-order valence-electron chi connectivity index (χ3n) is 3.87. The molecule has 1 aromatic carbocycles. The van der Waals surface area contributed by atoms with Crippen LogP contribution in [0, 0.1) is 6.92 Å². The van der Waals surface area contributed by atoms with E-state index in [0.717, 1.165) is 5.56 Å². The Labute approximate surface area is 156 Å². The van der Waals surface area contributed by atoms with Gasteiger partial charge in [-0.1, -0.05) is 0 Å². The molecule has 0 saturated heterocycles. The molecule has 0 fully saturated rings. The molecule has 9 heteroatoms. The minimum Gasteiger partial charge on any atom is -0.497 e. The molecule has 1 amide bonds. The van der Waals surface area contributed by atoms with Gasteiger partial charge in [0, 0.05) is 12.4 Å². The Bertz CT molecular complexity index is 997. The second kappa shape index (κ2) is 7.67. The number of hydrogen-bond donors (Lipinski definition) is 1. The van der Waals surface area contributed by atoms with Gasteiger partial charge in [0.1, 0.15) is 17.3 Å². The van der Waals surface area contributed by atoms with Crippen LogP contribution in [-0.4, -0.2) is 42.5 Å². The molecular formula is C18H18N4O4S. The number of ether oxygens (including phenoxy) is 1. The largest absolute Gasteiger partial charge is 0.497 e. The van der Waals surface area contributed by atoms with E-state index in [9.17, 15) is 13.2 Å². The van der Waals surface area contributed by atoms with E-state index in [4.69, 9.17) is 4.74 Å². The molecule has 2 aromatic rings. The number of aryl methyl sites for hydroxylation is 1. The molecule has 0 saturated carbocycles. The molecule has 1 aliphatic heterocycles. The number of hydrogen-bond acceptors (Lipinski definition) is 7. The summed E-state index contributed by atoms with van der Waals surface area (Å²) in [4.78, 5) is 24.6. The highest BCUT2D eigenvalue weighted by Gasteiger charge is 2.29. The molecule has 3 rings (SSSR count). The fourth-order valence-electron chi connectivity index (χ4n) is 2.37. The summed E-state index contributed by atoms with van der Waals surface area (Å²) in [6, 6.07) is 6.02. The summed E-state index contributed by atoms with van der Waals surface area (Å²) in [6.45, 7) is 1.99. The number of benzene rings is 1. The molecule has 1 N–H and O–H groups in total. The van der Waals surface area contributed by atoms with Gasteiger partial charge in [0.05, 0.1) is 18.6 Å². The lowest BCUT2D eigenvalue weighted by molar-refractivity contribution is -0.114. The highest BCUT2D eigenvalue weighted by molar-refractivity contribution is 7.92. The van der Waals surface area contributed by atoms with Crippen molar-refractivity contribution in [3.8, 4) is 5.75 Å². The second-order valence-electron chi connectivity index (χ2n) is 5.84. The Balaban J connectivity index is 1.68. The monoisotopic (exact) mass is 386 g/mol. The van der Waals surface area contributed by atoms with Crippen molar-refractivity contribution in [3.05, 3.63) is 60.2 Å². The van der Waals surface area contributed by atoms with E-state index >= 15 is 0 Å². The lowest BCUT2D eigenvalue weighted by Crippen LogP contribution is -2.30. The maximum Gasteiger partial charge on any atom is 0.269 e. The van der Waals surface area contributed by atoms with E-state index in [0.29, 0.717) is 11.6 Å². The van der Waals surface area contributed by atoms with Gasteiger partial charge in [-0.05, 0) is 48.9 Å². The third kappa shape index (κ3) is 4.20. The standard InChI is InChI=1S/C18H18N4O4S/c1-12-9-19-16(20-10-12)11-21-18(23)15-7-8-17(22-15)27(24,25)14-5-3-13(26-2)4-6-14/h3-10,17H,11H2,1-2H3,(H,21,23). The average molecular weight is 386 g/mol. The van der Waals surface area contributed by atoms with Crippen molar-refractivity contribution >= 4 is 21.5 Å².